The largest absolute Gasteiger partial charge is 0.507 e. The normalized spacial score (nSPS) is 14.9. The lowest BCUT2D eigenvalue weighted by Gasteiger charge is -2.24. The van der Waals surface area contributed by atoms with Crippen LogP contribution in [-0.4, -0.2) is 74.3 Å². The third kappa shape index (κ3) is 8.96. The zero-order chi connectivity index (χ0) is 30.6. The molecule has 3 aromatic rings. The van der Waals surface area contributed by atoms with Gasteiger partial charge < -0.3 is 20.2 Å². The smallest absolute Gasteiger partial charge is 0.343 e. The Balaban J connectivity index is 0.000000408. The Kier molecular flexibility index (Phi) is 12.2. The van der Waals surface area contributed by atoms with E-state index in [2.05, 4.69) is 15.4 Å². The number of rotatable bonds is 8. The van der Waals surface area contributed by atoms with Crippen LogP contribution in [0.3, 0.4) is 0 Å². The summed E-state index contributed by atoms with van der Waals surface area (Å²) in [6, 6.07) is 13.2. The molecule has 10 heteroatoms. The number of benzene rings is 2. The number of carbonyl (C=O) groups is 2. The summed E-state index contributed by atoms with van der Waals surface area (Å²) in [4.78, 5) is 43.9. The lowest BCUT2D eigenvalue weighted by Crippen LogP contribution is -2.46. The van der Waals surface area contributed by atoms with E-state index in [-0.39, 0.29) is 30.2 Å². The number of nitrogens with one attached hydrogen (secondary N) is 2. The molecule has 0 bridgehead atoms. The van der Waals surface area contributed by atoms with Crippen molar-refractivity contribution in [2.24, 2.45) is 0 Å². The van der Waals surface area contributed by atoms with Crippen molar-refractivity contribution in [3.63, 3.8) is 0 Å². The van der Waals surface area contributed by atoms with Crippen molar-refractivity contribution in [3.8, 4) is 17.1 Å². The molecule has 1 atom stereocenters. The molecule has 0 spiro atoms. The van der Waals surface area contributed by atoms with Gasteiger partial charge in [-0.2, -0.15) is 0 Å². The summed E-state index contributed by atoms with van der Waals surface area (Å²) in [5.41, 5.74) is 3.75. The van der Waals surface area contributed by atoms with E-state index >= 15 is 0 Å². The lowest BCUT2D eigenvalue weighted by atomic mass is 10.1. The third-order valence-corrected chi connectivity index (χ3v) is 7.39. The predicted molar refractivity (Wildman–Crippen MR) is 166 cm³/mol. The van der Waals surface area contributed by atoms with Gasteiger partial charge in [0.05, 0.1) is 12.6 Å². The fourth-order valence-corrected chi connectivity index (χ4v) is 5.28. The molecule has 3 amide bonds. The molecule has 1 aliphatic rings. The van der Waals surface area contributed by atoms with Crippen LogP contribution >= 0.6 is 0 Å². The molecule has 0 saturated carbocycles. The van der Waals surface area contributed by atoms with Gasteiger partial charge in [0, 0.05) is 31.7 Å². The first-order chi connectivity index (χ1) is 20.1. The molecule has 42 heavy (non-hydrogen) atoms. The topological polar surface area (TPSA) is 124 Å². The second kappa shape index (κ2) is 15.8. The second-order valence-electron chi connectivity index (χ2n) is 10.9. The van der Waals surface area contributed by atoms with E-state index in [4.69, 9.17) is 0 Å². The number of carbonyl (C=O) groups excluding carboxylic acids is 2. The quantitative estimate of drug-likeness (QED) is 0.349. The van der Waals surface area contributed by atoms with Crippen LogP contribution in [0.25, 0.3) is 11.4 Å². The Hall–Kier alpha value is -4.08. The summed E-state index contributed by atoms with van der Waals surface area (Å²) in [5, 5.41) is 16.6. The molecule has 10 nitrogen and oxygen atoms in total. The molecule has 1 aliphatic heterocycles. The minimum atomic E-state index is -0.232. The number of aromatic nitrogens is 3. The van der Waals surface area contributed by atoms with Gasteiger partial charge >= 0.3 is 11.7 Å². The zero-order valence-electron chi connectivity index (χ0n) is 25.7. The number of H-pyrrole nitrogens is 1. The SMILES string of the molecule is CCCN(CCC)C(=O)CNC(=O)N1CCCC(n2nc(-c3ccccc3)[nH]c2=O)CC1.Cc1cc(C)c(O)c(C)c1. The predicted octanol–water partition coefficient (Wildman–Crippen LogP) is 4.94. The maximum Gasteiger partial charge on any atom is 0.343 e. The van der Waals surface area contributed by atoms with Gasteiger partial charge in [-0.25, -0.2) is 14.3 Å². The monoisotopic (exact) mass is 578 g/mol. The summed E-state index contributed by atoms with van der Waals surface area (Å²) in [6.07, 6.45) is 3.96. The van der Waals surface area contributed by atoms with E-state index in [0.29, 0.717) is 44.2 Å². The number of aromatic hydroxyl groups is 1. The first kappa shape index (κ1) is 32.4. The van der Waals surface area contributed by atoms with Crippen molar-refractivity contribution >= 4 is 11.9 Å². The van der Waals surface area contributed by atoms with Crippen molar-refractivity contribution in [1.29, 1.82) is 0 Å². The van der Waals surface area contributed by atoms with Gasteiger partial charge in [-0.15, -0.1) is 5.10 Å². The van der Waals surface area contributed by atoms with Crippen LogP contribution in [0.5, 0.6) is 5.75 Å². The number of phenolic OH excluding ortho intramolecular Hbond substituents is 1. The molecule has 1 fully saturated rings. The molecule has 0 radical (unpaired) electrons. The summed E-state index contributed by atoms with van der Waals surface area (Å²) >= 11 is 0. The Labute approximate surface area is 248 Å². The van der Waals surface area contributed by atoms with Crippen LogP contribution in [0.15, 0.2) is 47.3 Å². The fourth-order valence-electron chi connectivity index (χ4n) is 5.28. The van der Waals surface area contributed by atoms with E-state index in [9.17, 15) is 19.5 Å². The Bertz CT molecular complexity index is 1340. The van der Waals surface area contributed by atoms with E-state index < -0.39 is 0 Å². The number of nitrogens with zero attached hydrogens (tertiary/aromatic N) is 4. The van der Waals surface area contributed by atoms with Crippen molar-refractivity contribution in [1.82, 2.24) is 29.9 Å². The molecule has 1 saturated heterocycles. The number of hydrogen-bond donors (Lipinski definition) is 3. The van der Waals surface area contributed by atoms with Crippen molar-refractivity contribution in [2.75, 3.05) is 32.7 Å². The molecule has 1 unspecified atom stereocenters. The highest BCUT2D eigenvalue weighted by Gasteiger charge is 2.24. The molecular weight excluding hydrogens is 532 g/mol. The van der Waals surface area contributed by atoms with Gasteiger partial charge in [0.2, 0.25) is 5.91 Å². The Morgan fingerprint density at radius 3 is 2.29 bits per heavy atom. The minimum absolute atomic E-state index is 0.0119. The first-order valence-electron chi connectivity index (χ1n) is 15.0. The summed E-state index contributed by atoms with van der Waals surface area (Å²) in [7, 11) is 0. The number of likely N-dealkylation sites (tertiary alicyclic amines) is 1. The molecule has 228 valence electrons. The van der Waals surface area contributed by atoms with E-state index in [1.165, 1.54) is 10.2 Å². The number of urea groups is 1. The van der Waals surface area contributed by atoms with Crippen molar-refractivity contribution in [3.05, 3.63) is 69.6 Å². The van der Waals surface area contributed by atoms with Crippen LogP contribution in [0, 0.1) is 20.8 Å². The van der Waals surface area contributed by atoms with E-state index in [1.807, 2.05) is 77.1 Å². The van der Waals surface area contributed by atoms with Gasteiger partial charge in [0.15, 0.2) is 5.82 Å². The van der Waals surface area contributed by atoms with E-state index in [0.717, 1.165) is 42.4 Å². The van der Waals surface area contributed by atoms with Crippen molar-refractivity contribution < 1.29 is 14.7 Å². The summed E-state index contributed by atoms with van der Waals surface area (Å²) in [6.45, 7) is 12.5. The van der Waals surface area contributed by atoms with E-state index in [1.54, 1.807) is 9.80 Å². The highest BCUT2D eigenvalue weighted by molar-refractivity contribution is 5.84. The number of amides is 3. The summed E-state index contributed by atoms with van der Waals surface area (Å²) in [5.74, 6) is 0.925. The Morgan fingerprint density at radius 1 is 1.02 bits per heavy atom. The van der Waals surface area contributed by atoms with Gasteiger partial charge in [-0.3, -0.25) is 9.78 Å². The molecule has 2 heterocycles. The number of hydrogen-bond acceptors (Lipinski definition) is 5. The second-order valence-corrected chi connectivity index (χ2v) is 10.9. The maximum absolute atomic E-state index is 12.6. The lowest BCUT2D eigenvalue weighted by molar-refractivity contribution is -0.130. The zero-order valence-corrected chi connectivity index (χ0v) is 25.7. The summed E-state index contributed by atoms with van der Waals surface area (Å²) < 4.78 is 1.51. The molecule has 2 aromatic carbocycles. The number of phenols is 1. The first-order valence-corrected chi connectivity index (χ1v) is 15.0. The van der Waals surface area contributed by atoms with Crippen molar-refractivity contribution in [2.45, 2.75) is 72.8 Å². The average Bonchev–Trinajstić information content (AvgIpc) is 3.19. The maximum atomic E-state index is 12.6. The molecular formula is C32H46N6O4. The number of aryl methyl sites for hydroxylation is 3. The van der Waals surface area contributed by atoms with Crippen LogP contribution in [0.4, 0.5) is 4.79 Å². The van der Waals surface area contributed by atoms with Crippen LogP contribution in [-0.2, 0) is 4.79 Å². The average molecular weight is 579 g/mol. The fraction of sp³-hybridized carbons (Fsp3) is 0.500. The third-order valence-electron chi connectivity index (χ3n) is 7.39. The van der Waals surface area contributed by atoms with Gasteiger partial charge in [-0.1, -0.05) is 61.9 Å². The standard InChI is InChI=1S/C23H34N6O3.C9H12O/c1-3-13-27(14-4-2)20(30)17-24-22(31)28-15-8-11-19(12-16-28)29-23(32)25-21(26-29)18-9-6-5-7-10-18;1-6-4-7(2)9(10)8(3)5-6/h5-7,9-10,19H,3-4,8,11-17H2,1-2H3,(H,24,31)(H,25,26,32);4-5,10H,1-3H3. The Morgan fingerprint density at radius 2 is 1.67 bits per heavy atom. The van der Waals surface area contributed by atoms with Gasteiger partial charge in [0.25, 0.3) is 0 Å². The van der Waals surface area contributed by atoms with Crippen LogP contribution in [0.1, 0.15) is 68.7 Å². The molecule has 0 aliphatic carbocycles. The molecule has 1 aromatic heterocycles. The minimum Gasteiger partial charge on any atom is -0.507 e. The van der Waals surface area contributed by atoms with Crippen LogP contribution < -0.4 is 11.0 Å². The molecule has 4 rings (SSSR count). The number of aromatic amines is 1. The highest BCUT2D eigenvalue weighted by atomic mass is 16.3. The molecule has 3 N–H and O–H groups in total. The highest BCUT2D eigenvalue weighted by Crippen LogP contribution is 2.23. The van der Waals surface area contributed by atoms with Gasteiger partial charge in [-0.05, 0) is 64.0 Å². The van der Waals surface area contributed by atoms with Crippen LogP contribution in [0.2, 0.25) is 0 Å². The van der Waals surface area contributed by atoms with Gasteiger partial charge in [0.1, 0.15) is 5.75 Å².